The first kappa shape index (κ1) is 46.1. The van der Waals surface area contributed by atoms with E-state index in [2.05, 4.69) is 14.4 Å². The molecule has 2 aromatic rings. The van der Waals surface area contributed by atoms with Gasteiger partial charge in [-0.1, -0.05) is 61.4 Å². The molecule has 1 aliphatic rings. The molecule has 1 heterocycles. The summed E-state index contributed by atoms with van der Waals surface area (Å²) in [6.07, 6.45) is 2.38. The van der Waals surface area contributed by atoms with E-state index in [9.17, 15) is 33.4 Å². The molecular weight excluding hydrogens is 784 g/mol. The number of rotatable bonds is 24. The maximum atomic E-state index is 15.9. The normalized spacial score (nSPS) is 16.6. The van der Waals surface area contributed by atoms with Crippen molar-refractivity contribution in [2.45, 2.75) is 95.2 Å². The minimum Gasteiger partial charge on any atom is -0.466 e. The fourth-order valence-corrected chi connectivity index (χ4v) is 6.50. The highest BCUT2D eigenvalue weighted by atomic mass is 31.1. The number of alkyl halides is 2. The molecule has 4 N–H and O–H groups in total. The van der Waals surface area contributed by atoms with Gasteiger partial charge in [-0.2, -0.15) is 8.78 Å². The monoisotopic (exact) mass is 830 g/mol. The van der Waals surface area contributed by atoms with Crippen molar-refractivity contribution in [1.29, 1.82) is 0 Å². The number of esters is 2. The molecule has 0 bridgehead atoms. The van der Waals surface area contributed by atoms with Crippen LogP contribution in [-0.4, -0.2) is 81.5 Å². The lowest BCUT2D eigenvalue weighted by Gasteiger charge is -2.27. The second-order valence-corrected chi connectivity index (χ2v) is 13.9. The van der Waals surface area contributed by atoms with Gasteiger partial charge in [-0.25, -0.2) is 4.79 Å². The maximum absolute atomic E-state index is 15.9. The second kappa shape index (κ2) is 23.1. The van der Waals surface area contributed by atoms with Crippen molar-refractivity contribution >= 4 is 40.4 Å². The summed E-state index contributed by atoms with van der Waals surface area (Å²) >= 11 is 0. The smallest absolute Gasteiger partial charge is 0.466 e. The maximum Gasteiger partial charge on any atom is 0.700 e. The number of amides is 2. The Morgan fingerprint density at radius 3 is 2.27 bits per heavy atom. The topological polar surface area (TPSA) is 225 Å². The van der Waals surface area contributed by atoms with Gasteiger partial charge in [0.05, 0.1) is 19.1 Å². The van der Waals surface area contributed by atoms with Crippen molar-refractivity contribution < 1.29 is 75.2 Å². The van der Waals surface area contributed by atoms with Crippen molar-refractivity contribution in [3.05, 3.63) is 77.9 Å². The zero-order valence-electron chi connectivity index (χ0n) is 30.6. The third kappa shape index (κ3) is 16.1. The Morgan fingerprint density at radius 1 is 0.964 bits per heavy atom. The Kier molecular flexibility index (Phi) is 19.0. The fourth-order valence-electron chi connectivity index (χ4n) is 5.70. The number of unbranched alkanes of at least 4 members (excludes halogenated alkanes) is 3. The predicted molar refractivity (Wildman–Crippen MR) is 194 cm³/mol. The standard InChI is InChI=1S/C36H44F2N2O14P2/c1-2-50-32(42)13-8-3-4-9-24-40-28(17-21-31(40)41)16-20-30(36(37,38)27-11-6-5-7-12-27)52-33(43)25-26-14-18-29(19-15-26)51-34(44)39-23-10-22-35(45,53-55(46)47)54-56(48)49/h5-7,11-12,14-16,18-20,28,30,45H,2-4,8-10,13,17,21-25H2,1H3,(H-2,39,44,46,47,48,49)/p+2/b20-16+/t28-,30+/m0/s1. The van der Waals surface area contributed by atoms with Crippen molar-refractivity contribution in [3.63, 3.8) is 0 Å². The van der Waals surface area contributed by atoms with Gasteiger partial charge in [-0.05, 0) is 65.4 Å². The van der Waals surface area contributed by atoms with Gasteiger partial charge in [0.15, 0.2) is 6.10 Å². The van der Waals surface area contributed by atoms with Crippen LogP contribution in [0.15, 0.2) is 66.7 Å². The summed E-state index contributed by atoms with van der Waals surface area (Å²) in [5.41, 5.74) is -0.0159. The fraction of sp³-hybridized carbons (Fsp3) is 0.500. The van der Waals surface area contributed by atoms with Crippen LogP contribution in [0.3, 0.4) is 0 Å². The number of hydrogen-bond acceptors (Lipinski definition) is 12. The second-order valence-electron chi connectivity index (χ2n) is 12.6. The van der Waals surface area contributed by atoms with Crippen LogP contribution in [0.4, 0.5) is 13.6 Å². The molecule has 1 fully saturated rings. The molecule has 306 valence electrons. The number of carbonyl (C=O) groups excluding carboxylic acids is 4. The van der Waals surface area contributed by atoms with Crippen molar-refractivity contribution in [2.75, 3.05) is 19.7 Å². The largest absolute Gasteiger partial charge is 0.700 e. The molecule has 2 amide bonds. The summed E-state index contributed by atoms with van der Waals surface area (Å²) in [7, 11) is -6.78. The van der Waals surface area contributed by atoms with E-state index < -0.39 is 65.5 Å². The van der Waals surface area contributed by atoms with Crippen LogP contribution in [0.25, 0.3) is 0 Å². The van der Waals surface area contributed by atoms with Crippen molar-refractivity contribution in [2.24, 2.45) is 0 Å². The average molecular weight is 831 g/mol. The summed E-state index contributed by atoms with van der Waals surface area (Å²) in [6.45, 7) is 2.30. The number of ether oxygens (including phenoxy) is 3. The SMILES string of the molecule is CCOC(=O)CCCCCCN1C(=O)CC[C@@H]1/C=C/[C@@H](OC(=O)Cc1ccc(OC(=O)NCCCC(O)(O[P+](=O)O)O[P+](=O)O)cc1)C(F)(F)c1ccccc1. The average Bonchev–Trinajstić information content (AvgIpc) is 3.48. The third-order valence-corrected chi connectivity index (χ3v) is 9.24. The summed E-state index contributed by atoms with van der Waals surface area (Å²) < 4.78 is 77.4. The Morgan fingerprint density at radius 2 is 1.62 bits per heavy atom. The molecule has 0 radical (unpaired) electrons. The number of carbonyl (C=O) groups is 4. The number of benzene rings is 2. The van der Waals surface area contributed by atoms with Gasteiger partial charge in [0, 0.05) is 47.0 Å². The minimum absolute atomic E-state index is 0.0427. The summed E-state index contributed by atoms with van der Waals surface area (Å²) in [5, 5.41) is 12.3. The summed E-state index contributed by atoms with van der Waals surface area (Å²) in [4.78, 5) is 68.7. The molecule has 20 heteroatoms. The zero-order chi connectivity index (χ0) is 41.1. The van der Waals surface area contributed by atoms with Gasteiger partial charge in [-0.15, -0.1) is 9.79 Å². The molecule has 4 atom stereocenters. The Hall–Kier alpha value is -4.28. The van der Waals surface area contributed by atoms with E-state index in [1.54, 1.807) is 17.9 Å². The van der Waals surface area contributed by atoms with Crippen LogP contribution < -0.4 is 10.1 Å². The van der Waals surface area contributed by atoms with Crippen LogP contribution in [0.5, 0.6) is 5.75 Å². The zero-order valence-corrected chi connectivity index (χ0v) is 32.4. The number of likely N-dealkylation sites (tertiary alicyclic amines) is 1. The van der Waals surface area contributed by atoms with Crippen LogP contribution in [0.2, 0.25) is 0 Å². The lowest BCUT2D eigenvalue weighted by molar-refractivity contribution is -0.277. The minimum atomic E-state index is -3.63. The van der Waals surface area contributed by atoms with Crippen LogP contribution in [0, 0.1) is 0 Å². The van der Waals surface area contributed by atoms with Gasteiger partial charge >= 0.3 is 46.4 Å². The summed E-state index contributed by atoms with van der Waals surface area (Å²) in [6, 6.07) is 12.0. The van der Waals surface area contributed by atoms with Gasteiger partial charge in [-0.3, -0.25) is 14.4 Å². The van der Waals surface area contributed by atoms with E-state index >= 15 is 8.78 Å². The molecule has 0 saturated carbocycles. The molecule has 0 aliphatic carbocycles. The molecule has 2 aromatic carbocycles. The van der Waals surface area contributed by atoms with E-state index in [4.69, 9.17) is 24.0 Å². The van der Waals surface area contributed by atoms with Crippen molar-refractivity contribution in [3.8, 4) is 5.75 Å². The Bertz CT molecular complexity index is 1650. The molecule has 0 aromatic heterocycles. The quantitative estimate of drug-likeness (QED) is 0.0321. The van der Waals surface area contributed by atoms with E-state index in [0.717, 1.165) is 18.9 Å². The molecule has 3 rings (SSSR count). The molecular formula is C36H46F2N2O14P2+2. The van der Waals surface area contributed by atoms with Crippen LogP contribution in [-0.2, 0) is 54.4 Å². The highest BCUT2D eigenvalue weighted by Crippen LogP contribution is 2.36. The van der Waals surface area contributed by atoms with Gasteiger partial charge in [0.25, 0.3) is 0 Å². The molecule has 2 unspecified atom stereocenters. The number of hydrogen-bond donors (Lipinski definition) is 4. The lowest BCUT2D eigenvalue weighted by atomic mass is 10.0. The predicted octanol–water partition coefficient (Wildman–Crippen LogP) is 5.84. The molecule has 56 heavy (non-hydrogen) atoms. The molecule has 0 spiro atoms. The highest BCUT2D eigenvalue weighted by Gasteiger charge is 2.47. The first-order valence-electron chi connectivity index (χ1n) is 17.9. The van der Waals surface area contributed by atoms with E-state index in [0.29, 0.717) is 44.4 Å². The number of nitrogens with zero attached hydrogens (tertiary/aromatic N) is 1. The van der Waals surface area contributed by atoms with Gasteiger partial charge < -0.3 is 29.5 Å². The Labute approximate surface area is 324 Å². The third-order valence-electron chi connectivity index (χ3n) is 8.36. The highest BCUT2D eigenvalue weighted by molar-refractivity contribution is 7.33. The van der Waals surface area contributed by atoms with E-state index in [1.165, 1.54) is 54.6 Å². The first-order valence-corrected chi connectivity index (χ1v) is 20.1. The number of halogens is 2. The number of nitrogens with one attached hydrogen (secondary N) is 1. The van der Waals surface area contributed by atoms with Gasteiger partial charge in [0.1, 0.15) is 5.75 Å². The lowest BCUT2D eigenvalue weighted by Crippen LogP contribution is -2.36. The molecule has 16 nitrogen and oxygen atoms in total. The van der Waals surface area contributed by atoms with E-state index in [1.807, 2.05) is 0 Å². The first-order chi connectivity index (χ1) is 26.6. The molecule has 1 aliphatic heterocycles. The Balaban J connectivity index is 1.57. The van der Waals surface area contributed by atoms with Crippen LogP contribution in [0.1, 0.15) is 75.8 Å². The van der Waals surface area contributed by atoms with E-state index in [-0.39, 0.29) is 42.6 Å². The number of aliphatic hydroxyl groups is 1. The molecule has 1 saturated heterocycles. The van der Waals surface area contributed by atoms with Crippen molar-refractivity contribution in [1.82, 2.24) is 10.2 Å². The van der Waals surface area contributed by atoms with Gasteiger partial charge in [0.2, 0.25) is 5.91 Å². The van der Waals surface area contributed by atoms with Crippen LogP contribution >= 0.6 is 16.5 Å². The summed E-state index contributed by atoms with van der Waals surface area (Å²) in [5.74, 6) is -7.76.